The number of nitrogens with one attached hydrogen (secondary N) is 1. The van der Waals surface area contributed by atoms with Crippen LogP contribution in [0.5, 0.6) is 0 Å². The molecule has 1 aromatic heterocycles. The molecule has 0 aliphatic heterocycles. The molecule has 2 aliphatic carbocycles. The zero-order valence-corrected chi connectivity index (χ0v) is 20.7. The van der Waals surface area contributed by atoms with Crippen LogP contribution in [0.4, 0.5) is 9.93 Å². The Balaban J connectivity index is 1.64. The SMILES string of the molecule is CC(C)(C)[Si](C)(C)OC1CCC(N(C(=O)Nc2nccs2)C2CCCCC2)CC1. The van der Waals surface area contributed by atoms with Gasteiger partial charge in [0.1, 0.15) is 0 Å². The van der Waals surface area contributed by atoms with E-state index in [4.69, 9.17) is 4.43 Å². The molecule has 2 amide bonds. The van der Waals surface area contributed by atoms with Gasteiger partial charge >= 0.3 is 6.03 Å². The Kier molecular flexibility index (Phi) is 7.44. The first-order valence-electron chi connectivity index (χ1n) is 11.3. The van der Waals surface area contributed by atoms with Crippen LogP contribution in [0.3, 0.4) is 0 Å². The Morgan fingerprint density at radius 3 is 2.28 bits per heavy atom. The second kappa shape index (κ2) is 9.48. The number of nitrogens with zero attached hydrogens (tertiary/aromatic N) is 2. The van der Waals surface area contributed by atoms with Gasteiger partial charge in [0.25, 0.3) is 0 Å². The quantitative estimate of drug-likeness (QED) is 0.525. The van der Waals surface area contributed by atoms with Crippen molar-refractivity contribution in [2.75, 3.05) is 5.32 Å². The fourth-order valence-electron chi connectivity index (χ4n) is 4.46. The van der Waals surface area contributed by atoms with Crippen molar-refractivity contribution in [1.82, 2.24) is 9.88 Å². The second-order valence-corrected chi connectivity index (χ2v) is 15.9. The molecule has 1 aromatic rings. The van der Waals surface area contributed by atoms with Gasteiger partial charge in [-0.25, -0.2) is 9.78 Å². The fourth-order valence-corrected chi connectivity index (χ4v) is 6.41. The van der Waals surface area contributed by atoms with Crippen LogP contribution in [-0.4, -0.2) is 42.4 Å². The Morgan fingerprint density at radius 2 is 1.72 bits per heavy atom. The summed E-state index contributed by atoms with van der Waals surface area (Å²) in [4.78, 5) is 19.6. The van der Waals surface area contributed by atoms with Gasteiger partial charge in [0.15, 0.2) is 13.4 Å². The third-order valence-corrected chi connectivity index (χ3v) is 12.4. The minimum absolute atomic E-state index is 0.0422. The van der Waals surface area contributed by atoms with Crippen molar-refractivity contribution in [3.63, 3.8) is 0 Å². The van der Waals surface area contributed by atoms with Crippen LogP contribution in [0.15, 0.2) is 11.6 Å². The predicted molar refractivity (Wildman–Crippen MR) is 124 cm³/mol. The van der Waals surface area contributed by atoms with E-state index >= 15 is 0 Å². The summed E-state index contributed by atoms with van der Waals surface area (Å²) in [6.45, 7) is 11.6. The molecule has 2 aliphatic rings. The van der Waals surface area contributed by atoms with Crippen LogP contribution >= 0.6 is 11.3 Å². The molecular formula is C22H39N3O2SSi. The van der Waals surface area contributed by atoms with Crippen molar-refractivity contribution in [2.45, 2.75) is 115 Å². The molecule has 5 nitrogen and oxygen atoms in total. The summed E-state index contributed by atoms with van der Waals surface area (Å²) in [6.07, 6.45) is 12.3. The lowest BCUT2D eigenvalue weighted by molar-refractivity contribution is 0.0692. The Labute approximate surface area is 181 Å². The molecule has 0 unspecified atom stereocenters. The predicted octanol–water partition coefficient (Wildman–Crippen LogP) is 6.64. The summed E-state index contributed by atoms with van der Waals surface area (Å²) in [7, 11) is -1.74. The Hall–Kier alpha value is -0.923. The van der Waals surface area contributed by atoms with E-state index in [-0.39, 0.29) is 11.1 Å². The minimum atomic E-state index is -1.74. The number of carbonyl (C=O) groups is 1. The molecule has 29 heavy (non-hydrogen) atoms. The number of thiazole rings is 1. The number of amides is 2. The number of aromatic nitrogens is 1. The molecule has 1 N–H and O–H groups in total. The zero-order chi connectivity index (χ0) is 21.1. The highest BCUT2D eigenvalue weighted by atomic mass is 32.1. The molecule has 0 radical (unpaired) electrons. The van der Waals surface area contributed by atoms with Gasteiger partial charge in [0.05, 0.1) is 0 Å². The molecule has 2 saturated carbocycles. The fraction of sp³-hybridized carbons (Fsp3) is 0.818. The lowest BCUT2D eigenvalue weighted by Crippen LogP contribution is -2.52. The highest BCUT2D eigenvalue weighted by molar-refractivity contribution is 7.13. The Morgan fingerprint density at radius 1 is 1.10 bits per heavy atom. The van der Waals surface area contributed by atoms with Gasteiger partial charge in [-0.15, -0.1) is 11.3 Å². The number of hydrogen-bond donors (Lipinski definition) is 1. The van der Waals surface area contributed by atoms with Crippen molar-refractivity contribution < 1.29 is 9.22 Å². The van der Waals surface area contributed by atoms with Crippen molar-refractivity contribution in [1.29, 1.82) is 0 Å². The summed E-state index contributed by atoms with van der Waals surface area (Å²) in [5.41, 5.74) is 0. The molecular weight excluding hydrogens is 398 g/mol. The monoisotopic (exact) mass is 437 g/mol. The standard InChI is InChI=1S/C22H39N3O2SSi/c1-22(2,3)29(4,5)27-19-13-11-18(12-14-19)25(17-9-7-6-8-10-17)21(26)24-20-23-15-16-28-20/h15-19H,6-14H2,1-5H3,(H,23,24,26). The van der Waals surface area contributed by atoms with Crippen molar-refractivity contribution in [3.8, 4) is 0 Å². The number of hydrogen-bond acceptors (Lipinski definition) is 4. The van der Waals surface area contributed by atoms with Gasteiger partial charge in [-0.1, -0.05) is 40.0 Å². The van der Waals surface area contributed by atoms with Crippen LogP contribution in [0.25, 0.3) is 0 Å². The van der Waals surface area contributed by atoms with Gasteiger partial charge in [-0.3, -0.25) is 5.32 Å². The molecule has 164 valence electrons. The van der Waals surface area contributed by atoms with Gasteiger partial charge in [-0.2, -0.15) is 0 Å². The van der Waals surface area contributed by atoms with Gasteiger partial charge in [0.2, 0.25) is 0 Å². The number of carbonyl (C=O) groups excluding carboxylic acids is 1. The topological polar surface area (TPSA) is 54.5 Å². The van der Waals surface area contributed by atoms with E-state index in [2.05, 4.69) is 49.1 Å². The average Bonchev–Trinajstić information content (AvgIpc) is 3.16. The number of urea groups is 1. The van der Waals surface area contributed by atoms with Gasteiger partial charge < -0.3 is 9.33 Å². The van der Waals surface area contributed by atoms with E-state index < -0.39 is 8.32 Å². The van der Waals surface area contributed by atoms with E-state index in [1.807, 2.05) is 5.38 Å². The summed E-state index contributed by atoms with van der Waals surface area (Å²) in [5, 5.41) is 5.90. The van der Waals surface area contributed by atoms with E-state index in [9.17, 15) is 4.79 Å². The summed E-state index contributed by atoms with van der Waals surface area (Å²) >= 11 is 1.49. The third-order valence-electron chi connectivity index (χ3n) is 7.15. The Bertz CT molecular complexity index is 646. The van der Waals surface area contributed by atoms with Crippen LogP contribution in [0.1, 0.15) is 78.6 Å². The molecule has 0 spiro atoms. The number of rotatable bonds is 5. The maximum absolute atomic E-state index is 13.2. The largest absolute Gasteiger partial charge is 0.414 e. The molecule has 0 bridgehead atoms. The van der Waals surface area contributed by atoms with E-state index in [0.29, 0.717) is 23.3 Å². The van der Waals surface area contributed by atoms with E-state index in [1.54, 1.807) is 6.20 Å². The van der Waals surface area contributed by atoms with E-state index in [1.165, 1.54) is 30.6 Å². The van der Waals surface area contributed by atoms with Crippen molar-refractivity contribution in [3.05, 3.63) is 11.6 Å². The minimum Gasteiger partial charge on any atom is -0.414 e. The molecule has 2 fully saturated rings. The van der Waals surface area contributed by atoms with Crippen LogP contribution in [0.2, 0.25) is 18.1 Å². The zero-order valence-electron chi connectivity index (χ0n) is 18.9. The van der Waals surface area contributed by atoms with Crippen molar-refractivity contribution in [2.24, 2.45) is 0 Å². The highest BCUT2D eigenvalue weighted by Gasteiger charge is 2.41. The maximum Gasteiger partial charge on any atom is 0.324 e. The smallest absolute Gasteiger partial charge is 0.324 e. The molecule has 0 aromatic carbocycles. The number of anilines is 1. The summed E-state index contributed by atoms with van der Waals surface area (Å²) in [5.74, 6) is 0. The van der Waals surface area contributed by atoms with Crippen LogP contribution in [0, 0.1) is 0 Å². The first kappa shape index (κ1) is 22.8. The van der Waals surface area contributed by atoms with E-state index in [0.717, 1.165) is 38.5 Å². The highest BCUT2D eigenvalue weighted by Crippen LogP contribution is 2.40. The molecule has 1 heterocycles. The lowest BCUT2D eigenvalue weighted by atomic mass is 9.88. The second-order valence-electron chi connectivity index (χ2n) is 10.3. The molecule has 0 saturated heterocycles. The van der Waals surface area contributed by atoms with Crippen LogP contribution < -0.4 is 5.32 Å². The summed E-state index contributed by atoms with van der Waals surface area (Å²) < 4.78 is 6.67. The first-order chi connectivity index (χ1) is 13.7. The third kappa shape index (κ3) is 5.82. The maximum atomic E-state index is 13.2. The molecule has 3 rings (SSSR count). The normalized spacial score (nSPS) is 24.3. The van der Waals surface area contributed by atoms with Gasteiger partial charge in [0, 0.05) is 29.8 Å². The molecule has 0 atom stereocenters. The molecule has 7 heteroatoms. The first-order valence-corrected chi connectivity index (χ1v) is 15.1. The summed E-state index contributed by atoms with van der Waals surface area (Å²) in [6, 6.07) is 0.726. The van der Waals surface area contributed by atoms with Crippen molar-refractivity contribution >= 4 is 30.8 Å². The van der Waals surface area contributed by atoms with Gasteiger partial charge in [-0.05, 0) is 56.7 Å². The average molecular weight is 438 g/mol. The lowest BCUT2D eigenvalue weighted by Gasteiger charge is -2.45. The van der Waals surface area contributed by atoms with Crippen LogP contribution in [-0.2, 0) is 4.43 Å².